The highest BCUT2D eigenvalue weighted by Crippen LogP contribution is 2.27. The van der Waals surface area contributed by atoms with E-state index in [4.69, 9.17) is 27.9 Å². The van der Waals surface area contributed by atoms with Crippen molar-refractivity contribution in [3.05, 3.63) is 50.8 Å². The number of non-ortho nitro benzene ring substituents is 1. The molecule has 0 aliphatic rings. The molecule has 0 atom stereocenters. The Morgan fingerprint density at radius 2 is 2.25 bits per heavy atom. The average molecular weight is 316 g/mol. The van der Waals surface area contributed by atoms with Crippen molar-refractivity contribution in [3.63, 3.8) is 0 Å². The second kappa shape index (κ2) is 6.21. The molecule has 106 valence electrons. The molecule has 2 aromatic rings. The first kappa shape index (κ1) is 14.8. The molecule has 0 radical (unpaired) electrons. The fourth-order valence-corrected chi connectivity index (χ4v) is 2.43. The van der Waals surface area contributed by atoms with Gasteiger partial charge in [0.15, 0.2) is 0 Å². The van der Waals surface area contributed by atoms with Crippen LogP contribution in [-0.2, 0) is 17.2 Å². The van der Waals surface area contributed by atoms with E-state index >= 15 is 0 Å². The minimum atomic E-state index is -0.473. The van der Waals surface area contributed by atoms with Gasteiger partial charge in [-0.3, -0.25) is 10.1 Å². The van der Waals surface area contributed by atoms with Crippen LogP contribution in [0, 0.1) is 10.1 Å². The summed E-state index contributed by atoms with van der Waals surface area (Å²) >= 11 is 12.1. The normalized spacial score (nSPS) is 10.8. The number of hydrogen-bond acceptors (Lipinski definition) is 4. The highest BCUT2D eigenvalue weighted by molar-refractivity contribution is 6.31. The van der Waals surface area contributed by atoms with Crippen LogP contribution >= 0.6 is 23.2 Å². The van der Waals surface area contributed by atoms with Gasteiger partial charge in [0.2, 0.25) is 0 Å². The van der Waals surface area contributed by atoms with Crippen LogP contribution in [0.25, 0.3) is 5.69 Å². The van der Waals surface area contributed by atoms with E-state index in [9.17, 15) is 10.1 Å². The number of benzene rings is 1. The van der Waals surface area contributed by atoms with E-state index in [1.165, 1.54) is 23.9 Å². The summed E-state index contributed by atoms with van der Waals surface area (Å²) in [4.78, 5) is 10.3. The zero-order valence-electron chi connectivity index (χ0n) is 10.5. The average Bonchev–Trinajstić information content (AvgIpc) is 2.75. The fourth-order valence-electron chi connectivity index (χ4n) is 1.77. The summed E-state index contributed by atoms with van der Waals surface area (Å²) in [6.45, 7) is 0.268. The number of aromatic nitrogens is 2. The van der Waals surface area contributed by atoms with Crippen molar-refractivity contribution in [2.24, 2.45) is 0 Å². The number of rotatable bonds is 5. The number of nitrogens with zero attached hydrogens (tertiary/aromatic N) is 3. The summed E-state index contributed by atoms with van der Waals surface area (Å²) in [6.07, 6.45) is 0. The molecule has 8 heteroatoms. The maximum absolute atomic E-state index is 10.8. The van der Waals surface area contributed by atoms with Crippen LogP contribution in [0.5, 0.6) is 0 Å². The minimum absolute atomic E-state index is 0.0326. The Morgan fingerprint density at radius 3 is 2.85 bits per heavy atom. The van der Waals surface area contributed by atoms with Gasteiger partial charge in [-0.15, -0.1) is 11.6 Å². The van der Waals surface area contributed by atoms with Gasteiger partial charge in [-0.05, 0) is 6.07 Å². The van der Waals surface area contributed by atoms with Gasteiger partial charge in [-0.2, -0.15) is 5.10 Å². The Balaban J connectivity index is 2.52. The zero-order valence-corrected chi connectivity index (χ0v) is 12.1. The molecule has 0 N–H and O–H groups in total. The van der Waals surface area contributed by atoms with Crippen LogP contribution in [-0.4, -0.2) is 21.8 Å². The van der Waals surface area contributed by atoms with Crippen LogP contribution in [0.4, 0.5) is 5.69 Å². The topological polar surface area (TPSA) is 70.2 Å². The molecule has 0 aliphatic carbocycles. The van der Waals surface area contributed by atoms with Gasteiger partial charge in [0.05, 0.1) is 28.8 Å². The lowest BCUT2D eigenvalue weighted by molar-refractivity contribution is -0.384. The zero-order chi connectivity index (χ0) is 14.7. The predicted octanol–water partition coefficient (Wildman–Crippen LogP) is 3.32. The second-order valence-corrected chi connectivity index (χ2v) is 4.60. The SMILES string of the molecule is COCc1nn(-c2cccc([N+](=O)[O-])c2)c(Cl)c1CCl. The standard InChI is InChI=1S/C12H11Cl2N3O3/c1-20-7-11-10(6-13)12(14)16(15-11)8-3-2-4-9(5-8)17(18)19/h2-5H,6-7H2,1H3. The Morgan fingerprint density at radius 1 is 1.50 bits per heavy atom. The summed E-state index contributed by atoms with van der Waals surface area (Å²) in [5.74, 6) is 0.187. The maximum Gasteiger partial charge on any atom is 0.271 e. The number of nitro benzene ring substituents is 1. The Kier molecular flexibility index (Phi) is 4.59. The van der Waals surface area contributed by atoms with Crippen molar-refractivity contribution in [1.29, 1.82) is 0 Å². The molecule has 6 nitrogen and oxygen atoms in total. The van der Waals surface area contributed by atoms with Gasteiger partial charge < -0.3 is 4.74 Å². The van der Waals surface area contributed by atoms with Gasteiger partial charge in [0.25, 0.3) is 5.69 Å². The van der Waals surface area contributed by atoms with E-state index in [2.05, 4.69) is 5.10 Å². The number of alkyl halides is 1. The number of ether oxygens (including phenoxy) is 1. The van der Waals surface area contributed by atoms with Gasteiger partial charge in [0, 0.05) is 24.8 Å². The largest absolute Gasteiger partial charge is 0.378 e. The third kappa shape index (κ3) is 2.77. The van der Waals surface area contributed by atoms with E-state index in [0.717, 1.165) is 0 Å². The van der Waals surface area contributed by atoms with E-state index in [1.807, 2.05) is 0 Å². The smallest absolute Gasteiger partial charge is 0.271 e. The highest BCUT2D eigenvalue weighted by atomic mass is 35.5. The van der Waals surface area contributed by atoms with Crippen molar-refractivity contribution in [3.8, 4) is 5.69 Å². The van der Waals surface area contributed by atoms with E-state index in [1.54, 1.807) is 12.1 Å². The lowest BCUT2D eigenvalue weighted by Gasteiger charge is -2.02. The molecule has 1 aromatic carbocycles. The van der Waals surface area contributed by atoms with Crippen LogP contribution < -0.4 is 0 Å². The molecule has 0 spiro atoms. The van der Waals surface area contributed by atoms with Gasteiger partial charge in [0.1, 0.15) is 5.15 Å². The molecule has 1 heterocycles. The van der Waals surface area contributed by atoms with Crippen molar-refractivity contribution in [1.82, 2.24) is 9.78 Å². The third-order valence-corrected chi connectivity index (χ3v) is 3.36. The summed E-state index contributed by atoms with van der Waals surface area (Å²) in [5, 5.41) is 15.4. The molecule has 0 amide bonds. The first-order valence-corrected chi connectivity index (χ1v) is 6.55. The molecule has 0 unspecified atom stereocenters. The van der Waals surface area contributed by atoms with Crippen LogP contribution in [0.1, 0.15) is 11.3 Å². The Labute approximate surface area is 125 Å². The van der Waals surface area contributed by atoms with E-state index in [-0.39, 0.29) is 18.2 Å². The minimum Gasteiger partial charge on any atom is -0.378 e. The molecular formula is C12H11Cl2N3O3. The molecular weight excluding hydrogens is 305 g/mol. The highest BCUT2D eigenvalue weighted by Gasteiger charge is 2.17. The predicted molar refractivity (Wildman–Crippen MR) is 75.5 cm³/mol. The monoisotopic (exact) mass is 315 g/mol. The van der Waals surface area contributed by atoms with Gasteiger partial charge in [-0.1, -0.05) is 17.7 Å². The quantitative estimate of drug-likeness (QED) is 0.482. The maximum atomic E-state index is 10.8. The molecule has 2 rings (SSSR count). The van der Waals surface area contributed by atoms with E-state index in [0.29, 0.717) is 22.1 Å². The lowest BCUT2D eigenvalue weighted by atomic mass is 10.3. The molecule has 0 saturated heterocycles. The van der Waals surface area contributed by atoms with Crippen LogP contribution in [0.15, 0.2) is 24.3 Å². The van der Waals surface area contributed by atoms with Gasteiger partial charge in [-0.25, -0.2) is 4.68 Å². The summed E-state index contributed by atoms with van der Waals surface area (Å²) in [6, 6.07) is 6.05. The molecule has 20 heavy (non-hydrogen) atoms. The van der Waals surface area contributed by atoms with Crippen molar-refractivity contribution in [2.75, 3.05) is 7.11 Å². The lowest BCUT2D eigenvalue weighted by Crippen LogP contribution is -1.99. The summed E-state index contributed by atoms with van der Waals surface area (Å²) in [5.41, 5.74) is 1.73. The van der Waals surface area contributed by atoms with E-state index < -0.39 is 4.92 Å². The Bertz CT molecular complexity index is 643. The van der Waals surface area contributed by atoms with Gasteiger partial charge >= 0.3 is 0 Å². The number of nitro groups is 1. The molecule has 1 aromatic heterocycles. The number of methoxy groups -OCH3 is 1. The molecule has 0 fully saturated rings. The first-order valence-electron chi connectivity index (χ1n) is 5.64. The van der Waals surface area contributed by atoms with Crippen molar-refractivity contribution >= 4 is 28.9 Å². The van der Waals surface area contributed by atoms with Crippen LogP contribution in [0.2, 0.25) is 5.15 Å². The number of halogens is 2. The van der Waals surface area contributed by atoms with Crippen molar-refractivity contribution < 1.29 is 9.66 Å². The van der Waals surface area contributed by atoms with Crippen molar-refractivity contribution in [2.45, 2.75) is 12.5 Å². The Hall–Kier alpha value is -1.63. The second-order valence-electron chi connectivity index (χ2n) is 3.97. The first-order chi connectivity index (χ1) is 9.58. The molecule has 0 saturated carbocycles. The fraction of sp³-hybridized carbons (Fsp3) is 0.250. The van der Waals surface area contributed by atoms with Crippen LogP contribution in [0.3, 0.4) is 0 Å². The summed E-state index contributed by atoms with van der Waals surface area (Å²) < 4.78 is 6.45. The molecule has 0 aliphatic heterocycles. The third-order valence-electron chi connectivity index (χ3n) is 2.70. The summed E-state index contributed by atoms with van der Waals surface area (Å²) in [7, 11) is 1.54. The molecule has 0 bridgehead atoms. The number of hydrogen-bond donors (Lipinski definition) is 0.